The average Bonchev–Trinajstić information content (AvgIpc) is 2.52. The van der Waals surface area contributed by atoms with Gasteiger partial charge in [0.25, 0.3) is 0 Å². The third kappa shape index (κ3) is 7.86. The van der Waals surface area contributed by atoms with E-state index in [1.807, 2.05) is 0 Å². The molecule has 130 valence electrons. The standard InChI is InChI=1S/C15H29O6P/c1-3-20-22(17,21-4-2)12-9-14(8-10-16)13-19-15-7-5-6-11-18-15/h9,12,14-16H,3-8,10-11,13H2,1-2H3/b12-9+/t14-,15+/m0/s1. The molecule has 1 aliphatic heterocycles. The Morgan fingerprint density at radius 1 is 1.32 bits per heavy atom. The van der Waals surface area contributed by atoms with Crippen molar-refractivity contribution in [2.24, 2.45) is 5.92 Å². The largest absolute Gasteiger partial charge is 0.396 e. The van der Waals surface area contributed by atoms with Gasteiger partial charge in [0, 0.05) is 24.9 Å². The molecule has 0 aliphatic carbocycles. The van der Waals surface area contributed by atoms with Gasteiger partial charge in [0.2, 0.25) is 0 Å². The van der Waals surface area contributed by atoms with Crippen molar-refractivity contribution in [3.63, 3.8) is 0 Å². The third-order valence-corrected chi connectivity index (χ3v) is 5.07. The van der Waals surface area contributed by atoms with E-state index in [1.54, 1.807) is 19.9 Å². The lowest BCUT2D eigenvalue weighted by molar-refractivity contribution is -0.167. The molecule has 0 spiro atoms. The van der Waals surface area contributed by atoms with Gasteiger partial charge in [-0.2, -0.15) is 0 Å². The van der Waals surface area contributed by atoms with Crippen LogP contribution in [0.25, 0.3) is 0 Å². The molecule has 0 aromatic heterocycles. The second-order valence-corrected chi connectivity index (χ2v) is 7.01. The maximum absolute atomic E-state index is 12.4. The molecule has 6 nitrogen and oxygen atoms in total. The summed E-state index contributed by atoms with van der Waals surface area (Å²) in [6.07, 6.45) is 5.19. The molecule has 0 radical (unpaired) electrons. The quantitative estimate of drug-likeness (QED) is 0.584. The molecule has 0 unspecified atom stereocenters. The number of rotatable bonds is 11. The van der Waals surface area contributed by atoms with Crippen LogP contribution in [0.1, 0.15) is 39.5 Å². The van der Waals surface area contributed by atoms with E-state index < -0.39 is 7.60 Å². The lowest BCUT2D eigenvalue weighted by atomic mass is 10.1. The summed E-state index contributed by atoms with van der Waals surface area (Å²) in [6, 6.07) is 0. The van der Waals surface area contributed by atoms with E-state index in [4.69, 9.17) is 23.6 Å². The first-order valence-corrected chi connectivity index (χ1v) is 9.67. The van der Waals surface area contributed by atoms with Crippen LogP contribution in [0.2, 0.25) is 0 Å². The summed E-state index contributed by atoms with van der Waals surface area (Å²) in [7, 11) is -3.20. The van der Waals surface area contributed by atoms with Crippen molar-refractivity contribution < 1.29 is 28.2 Å². The van der Waals surface area contributed by atoms with Gasteiger partial charge in [-0.15, -0.1) is 0 Å². The van der Waals surface area contributed by atoms with Crippen molar-refractivity contribution in [2.45, 2.75) is 45.8 Å². The van der Waals surface area contributed by atoms with Gasteiger partial charge < -0.3 is 23.6 Å². The summed E-state index contributed by atoms with van der Waals surface area (Å²) in [6.45, 7) is 5.37. The van der Waals surface area contributed by atoms with Crippen LogP contribution in [0.15, 0.2) is 11.9 Å². The van der Waals surface area contributed by atoms with E-state index >= 15 is 0 Å². The highest BCUT2D eigenvalue weighted by molar-refractivity contribution is 7.57. The molecule has 0 bridgehead atoms. The molecule has 1 fully saturated rings. The van der Waals surface area contributed by atoms with Gasteiger partial charge in [0.15, 0.2) is 6.29 Å². The van der Waals surface area contributed by atoms with Gasteiger partial charge in [-0.3, -0.25) is 4.57 Å². The highest BCUT2D eigenvalue weighted by Gasteiger charge is 2.21. The Morgan fingerprint density at radius 2 is 2.05 bits per heavy atom. The predicted molar refractivity (Wildman–Crippen MR) is 84.7 cm³/mol. The van der Waals surface area contributed by atoms with Gasteiger partial charge in [0.1, 0.15) is 0 Å². The second-order valence-electron chi connectivity index (χ2n) is 5.12. The number of aliphatic hydroxyl groups is 1. The molecule has 0 saturated carbocycles. The molecule has 22 heavy (non-hydrogen) atoms. The first-order valence-electron chi connectivity index (χ1n) is 8.05. The minimum absolute atomic E-state index is 0.0391. The second kappa shape index (κ2) is 11.3. The molecule has 1 N–H and O–H groups in total. The van der Waals surface area contributed by atoms with Crippen LogP contribution in [0.4, 0.5) is 0 Å². The van der Waals surface area contributed by atoms with Gasteiger partial charge in [-0.25, -0.2) is 0 Å². The Hall–Kier alpha value is -0.230. The summed E-state index contributed by atoms with van der Waals surface area (Å²) in [5.41, 5.74) is 0. The van der Waals surface area contributed by atoms with Crippen LogP contribution in [-0.2, 0) is 23.1 Å². The Labute approximate surface area is 133 Å². The molecule has 0 aromatic rings. The van der Waals surface area contributed by atoms with E-state index in [0.29, 0.717) is 26.2 Å². The van der Waals surface area contributed by atoms with E-state index in [1.165, 1.54) is 5.82 Å². The van der Waals surface area contributed by atoms with Gasteiger partial charge >= 0.3 is 7.60 Å². The minimum Gasteiger partial charge on any atom is -0.396 e. The normalized spacial score (nSPS) is 21.3. The summed E-state index contributed by atoms with van der Waals surface area (Å²) < 4.78 is 34.0. The van der Waals surface area contributed by atoms with E-state index in [2.05, 4.69) is 0 Å². The van der Waals surface area contributed by atoms with Crippen LogP contribution in [0, 0.1) is 5.92 Å². The molecular formula is C15H29O6P. The number of ether oxygens (including phenoxy) is 2. The van der Waals surface area contributed by atoms with Crippen molar-refractivity contribution in [1.82, 2.24) is 0 Å². The maximum atomic E-state index is 12.4. The highest BCUT2D eigenvalue weighted by atomic mass is 31.2. The fraction of sp³-hybridized carbons (Fsp3) is 0.867. The Kier molecular flexibility index (Phi) is 10.2. The first kappa shape index (κ1) is 19.8. The molecule has 1 rings (SSSR count). The molecular weight excluding hydrogens is 307 g/mol. The topological polar surface area (TPSA) is 74.2 Å². The Bertz CT molecular complexity index is 344. The van der Waals surface area contributed by atoms with Gasteiger partial charge in [-0.05, 0) is 39.5 Å². The van der Waals surface area contributed by atoms with E-state index in [0.717, 1.165) is 25.9 Å². The van der Waals surface area contributed by atoms with Gasteiger partial charge in [-0.1, -0.05) is 6.08 Å². The average molecular weight is 336 g/mol. The van der Waals surface area contributed by atoms with Crippen molar-refractivity contribution in [3.8, 4) is 0 Å². The third-order valence-electron chi connectivity index (χ3n) is 3.29. The first-order chi connectivity index (χ1) is 10.6. The van der Waals surface area contributed by atoms with Crippen LogP contribution >= 0.6 is 7.60 Å². The summed E-state index contributed by atoms with van der Waals surface area (Å²) in [5, 5.41) is 9.16. The lowest BCUT2D eigenvalue weighted by Gasteiger charge is -2.24. The zero-order chi connectivity index (χ0) is 16.3. The maximum Gasteiger partial charge on any atom is 0.353 e. The zero-order valence-electron chi connectivity index (χ0n) is 13.6. The summed E-state index contributed by atoms with van der Waals surface area (Å²) in [5.74, 6) is 1.43. The van der Waals surface area contributed by atoms with Crippen LogP contribution in [0.3, 0.4) is 0 Å². The zero-order valence-corrected chi connectivity index (χ0v) is 14.5. The van der Waals surface area contributed by atoms with Crippen molar-refractivity contribution in [3.05, 3.63) is 11.9 Å². The van der Waals surface area contributed by atoms with Crippen molar-refractivity contribution in [2.75, 3.05) is 33.0 Å². The highest BCUT2D eigenvalue weighted by Crippen LogP contribution is 2.49. The van der Waals surface area contributed by atoms with Crippen LogP contribution in [-0.4, -0.2) is 44.4 Å². The van der Waals surface area contributed by atoms with Crippen molar-refractivity contribution >= 4 is 7.60 Å². The smallest absolute Gasteiger partial charge is 0.353 e. The van der Waals surface area contributed by atoms with E-state index in [-0.39, 0.29) is 18.8 Å². The molecule has 1 saturated heterocycles. The summed E-state index contributed by atoms with van der Waals surface area (Å²) >= 11 is 0. The Balaban J connectivity index is 2.52. The molecule has 0 amide bonds. The molecule has 1 aliphatic rings. The van der Waals surface area contributed by atoms with Gasteiger partial charge in [0.05, 0.1) is 19.8 Å². The molecule has 2 atom stereocenters. The predicted octanol–water partition coefficient (Wildman–Crippen LogP) is 3.31. The molecule has 0 aromatic carbocycles. The summed E-state index contributed by atoms with van der Waals surface area (Å²) in [4.78, 5) is 0. The van der Waals surface area contributed by atoms with Crippen molar-refractivity contribution in [1.29, 1.82) is 0 Å². The van der Waals surface area contributed by atoms with Crippen LogP contribution < -0.4 is 0 Å². The number of aliphatic hydroxyl groups excluding tert-OH is 1. The van der Waals surface area contributed by atoms with Crippen LogP contribution in [0.5, 0.6) is 0 Å². The fourth-order valence-electron chi connectivity index (χ4n) is 2.18. The molecule has 1 heterocycles. The minimum atomic E-state index is -3.20. The molecule has 7 heteroatoms. The monoisotopic (exact) mass is 336 g/mol. The number of hydrogen-bond acceptors (Lipinski definition) is 6. The lowest BCUT2D eigenvalue weighted by Crippen LogP contribution is -2.25. The fourth-order valence-corrected chi connectivity index (χ4v) is 3.61. The van der Waals surface area contributed by atoms with E-state index in [9.17, 15) is 4.57 Å². The SMILES string of the molecule is CCOP(=O)(/C=C/[C@H](CCO)CO[C@@H]1CCCCO1)OCC. The Morgan fingerprint density at radius 3 is 2.59 bits per heavy atom. The number of hydrogen-bond donors (Lipinski definition) is 1.